The van der Waals surface area contributed by atoms with Gasteiger partial charge in [0.15, 0.2) is 11.4 Å². The van der Waals surface area contributed by atoms with Crippen molar-refractivity contribution < 1.29 is 38.1 Å². The summed E-state index contributed by atoms with van der Waals surface area (Å²) in [5.74, 6) is -3.07. The van der Waals surface area contributed by atoms with E-state index in [2.05, 4.69) is 0 Å². The number of hydrogen-bond acceptors (Lipinski definition) is 8. The van der Waals surface area contributed by atoms with E-state index in [1.165, 1.54) is 30.7 Å². The molecule has 1 aromatic carbocycles. The van der Waals surface area contributed by atoms with Crippen LogP contribution in [0.1, 0.15) is 69.4 Å². The molecule has 10 heteroatoms. The first-order valence-corrected chi connectivity index (χ1v) is 11.8. The normalized spacial score (nSPS) is 11.5. The van der Waals surface area contributed by atoms with Crippen LogP contribution in [0.5, 0.6) is 17.2 Å². The summed E-state index contributed by atoms with van der Waals surface area (Å²) >= 11 is 0. The van der Waals surface area contributed by atoms with Crippen molar-refractivity contribution >= 4 is 23.8 Å². The molecule has 2 rings (SSSR count). The Hall–Kier alpha value is -3.82. The predicted octanol–water partition coefficient (Wildman–Crippen LogP) is 4.27. The van der Waals surface area contributed by atoms with Gasteiger partial charge in [-0.3, -0.25) is 19.0 Å². The quantitative estimate of drug-likeness (QED) is 0.502. The summed E-state index contributed by atoms with van der Waals surface area (Å²) in [6, 6.07) is 6.49. The SMILES string of the molecule is CCOC(=O)c1c(OC(=O)C(C)(C)C)c(OC(=O)C(C)(C)C)c(C(=O)N(C)C)n1-c1ccc(OC)cc1. The maximum absolute atomic E-state index is 13.5. The minimum Gasteiger partial charge on any atom is -0.497 e. The molecule has 1 amide bonds. The molecule has 10 nitrogen and oxygen atoms in total. The van der Waals surface area contributed by atoms with Gasteiger partial charge in [-0.2, -0.15) is 0 Å². The Morgan fingerprint density at radius 2 is 1.27 bits per heavy atom. The fraction of sp³-hybridized carbons (Fsp3) is 0.481. The van der Waals surface area contributed by atoms with E-state index in [9.17, 15) is 19.2 Å². The molecular weight excluding hydrogens is 480 g/mol. The maximum Gasteiger partial charge on any atom is 0.359 e. The molecule has 1 heterocycles. The van der Waals surface area contributed by atoms with Crippen molar-refractivity contribution in [3.63, 3.8) is 0 Å². The van der Waals surface area contributed by atoms with E-state index in [4.69, 9.17) is 18.9 Å². The molecule has 0 unspecified atom stereocenters. The number of ether oxygens (including phenoxy) is 4. The number of carbonyl (C=O) groups excluding carboxylic acids is 4. The standard InChI is InChI=1S/C27H36N2O8/c1-11-35-23(31)19-21(37-25(33)27(5,6)7)20(36-24(32)26(2,3)4)18(22(30)28(8)9)29(19)16-12-14-17(34-10)15-13-16/h12-15H,11H2,1-10H3. The second-order valence-corrected chi connectivity index (χ2v) is 10.6. The Bertz CT molecular complexity index is 1180. The zero-order valence-corrected chi connectivity index (χ0v) is 23.2. The summed E-state index contributed by atoms with van der Waals surface area (Å²) in [6.45, 7) is 11.4. The number of carbonyl (C=O) groups is 4. The third-order valence-electron chi connectivity index (χ3n) is 5.11. The first kappa shape index (κ1) is 29.4. The average Bonchev–Trinajstić information content (AvgIpc) is 3.10. The molecule has 0 aliphatic heterocycles. The van der Waals surface area contributed by atoms with Crippen LogP contribution in [-0.4, -0.2) is 61.1 Å². The van der Waals surface area contributed by atoms with Gasteiger partial charge in [-0.15, -0.1) is 0 Å². The summed E-state index contributed by atoms with van der Waals surface area (Å²) in [7, 11) is 4.52. The van der Waals surface area contributed by atoms with Crippen LogP contribution in [0.15, 0.2) is 24.3 Å². The highest BCUT2D eigenvalue weighted by atomic mass is 16.6. The van der Waals surface area contributed by atoms with Crippen molar-refractivity contribution in [3.8, 4) is 22.9 Å². The van der Waals surface area contributed by atoms with Gasteiger partial charge in [0.2, 0.25) is 11.5 Å². The van der Waals surface area contributed by atoms with Crippen LogP contribution in [0.3, 0.4) is 0 Å². The van der Waals surface area contributed by atoms with Gasteiger partial charge in [0, 0.05) is 19.8 Å². The first-order valence-electron chi connectivity index (χ1n) is 11.8. The van der Waals surface area contributed by atoms with E-state index >= 15 is 0 Å². The van der Waals surface area contributed by atoms with Crippen molar-refractivity contribution in [1.82, 2.24) is 9.47 Å². The van der Waals surface area contributed by atoms with Crippen molar-refractivity contribution in [1.29, 1.82) is 0 Å². The molecule has 1 aromatic heterocycles. The second-order valence-electron chi connectivity index (χ2n) is 10.6. The number of benzene rings is 1. The van der Waals surface area contributed by atoms with E-state index in [0.29, 0.717) is 11.4 Å². The van der Waals surface area contributed by atoms with Crippen molar-refractivity contribution in [2.24, 2.45) is 10.8 Å². The highest BCUT2D eigenvalue weighted by Gasteiger charge is 2.40. The van der Waals surface area contributed by atoms with E-state index < -0.39 is 34.6 Å². The number of esters is 3. The smallest absolute Gasteiger partial charge is 0.359 e. The molecule has 0 saturated carbocycles. The van der Waals surface area contributed by atoms with Gasteiger partial charge in [-0.1, -0.05) is 0 Å². The Balaban J connectivity index is 3.08. The lowest BCUT2D eigenvalue weighted by atomic mass is 9.97. The number of hydrogen-bond donors (Lipinski definition) is 0. The lowest BCUT2D eigenvalue weighted by molar-refractivity contribution is -0.145. The molecule has 0 atom stereocenters. The second kappa shape index (κ2) is 11.1. The number of methoxy groups -OCH3 is 1. The fourth-order valence-corrected chi connectivity index (χ4v) is 2.99. The zero-order chi connectivity index (χ0) is 28.3. The molecule has 0 aliphatic carbocycles. The van der Waals surface area contributed by atoms with E-state index in [0.717, 1.165) is 0 Å². The Morgan fingerprint density at radius 3 is 1.65 bits per heavy atom. The van der Waals surface area contributed by atoms with Gasteiger partial charge < -0.3 is 23.8 Å². The molecule has 0 spiro atoms. The topological polar surface area (TPSA) is 113 Å². The van der Waals surface area contributed by atoms with Gasteiger partial charge in [0.05, 0.1) is 24.5 Å². The zero-order valence-electron chi connectivity index (χ0n) is 23.2. The van der Waals surface area contributed by atoms with Crippen LogP contribution in [0.2, 0.25) is 0 Å². The minimum atomic E-state index is -0.981. The molecule has 2 aromatic rings. The molecule has 0 saturated heterocycles. The number of nitrogens with zero attached hydrogens (tertiary/aromatic N) is 2. The summed E-state index contributed by atoms with van der Waals surface area (Å²) in [5.41, 5.74) is -2.07. The van der Waals surface area contributed by atoms with E-state index in [1.54, 1.807) is 72.7 Å². The van der Waals surface area contributed by atoms with Gasteiger partial charge in [0.1, 0.15) is 5.75 Å². The first-order chi connectivity index (χ1) is 17.0. The number of rotatable bonds is 7. The van der Waals surface area contributed by atoms with Gasteiger partial charge >= 0.3 is 17.9 Å². The summed E-state index contributed by atoms with van der Waals surface area (Å²) in [4.78, 5) is 54.2. The Kier molecular flexibility index (Phi) is 8.79. The van der Waals surface area contributed by atoms with Crippen LogP contribution < -0.4 is 14.2 Å². The third-order valence-corrected chi connectivity index (χ3v) is 5.11. The van der Waals surface area contributed by atoms with E-state index in [-0.39, 0.29) is 29.5 Å². The van der Waals surface area contributed by atoms with Gasteiger partial charge in [0.25, 0.3) is 5.91 Å². The Labute approximate surface area is 217 Å². The molecule has 0 radical (unpaired) electrons. The van der Waals surface area contributed by atoms with Crippen molar-refractivity contribution in [2.45, 2.75) is 48.5 Å². The number of aromatic nitrogens is 1. The van der Waals surface area contributed by atoms with E-state index in [1.807, 2.05) is 0 Å². The molecular formula is C27H36N2O8. The largest absolute Gasteiger partial charge is 0.497 e. The molecule has 0 fully saturated rings. The van der Waals surface area contributed by atoms with Gasteiger partial charge in [-0.25, -0.2) is 4.79 Å². The highest BCUT2D eigenvalue weighted by Crippen LogP contribution is 2.43. The minimum absolute atomic E-state index is 0.00730. The molecule has 37 heavy (non-hydrogen) atoms. The van der Waals surface area contributed by atoms with Crippen LogP contribution in [0, 0.1) is 10.8 Å². The lowest BCUT2D eigenvalue weighted by Gasteiger charge is -2.20. The summed E-state index contributed by atoms with van der Waals surface area (Å²) < 4.78 is 23.2. The maximum atomic E-state index is 13.5. The van der Waals surface area contributed by atoms with Crippen molar-refractivity contribution in [3.05, 3.63) is 35.7 Å². The predicted molar refractivity (Wildman–Crippen MR) is 136 cm³/mol. The molecule has 0 aliphatic rings. The molecule has 202 valence electrons. The molecule has 0 bridgehead atoms. The Morgan fingerprint density at radius 1 is 0.811 bits per heavy atom. The van der Waals surface area contributed by atoms with Crippen LogP contribution in [0.4, 0.5) is 0 Å². The van der Waals surface area contributed by atoms with Crippen LogP contribution >= 0.6 is 0 Å². The third kappa shape index (κ3) is 6.49. The lowest BCUT2D eigenvalue weighted by Crippen LogP contribution is -2.29. The molecule has 0 N–H and O–H groups in total. The highest BCUT2D eigenvalue weighted by molar-refractivity contribution is 6.04. The van der Waals surface area contributed by atoms with Gasteiger partial charge in [-0.05, 0) is 72.7 Å². The van der Waals surface area contributed by atoms with Crippen LogP contribution in [-0.2, 0) is 14.3 Å². The summed E-state index contributed by atoms with van der Waals surface area (Å²) in [6.07, 6.45) is 0. The average molecular weight is 517 g/mol. The number of amides is 1. The van der Waals surface area contributed by atoms with Crippen LogP contribution in [0.25, 0.3) is 5.69 Å². The fourth-order valence-electron chi connectivity index (χ4n) is 2.99. The monoisotopic (exact) mass is 516 g/mol. The van der Waals surface area contributed by atoms with Crippen molar-refractivity contribution in [2.75, 3.05) is 27.8 Å². The summed E-state index contributed by atoms with van der Waals surface area (Å²) in [5, 5.41) is 0.